The fourth-order valence-corrected chi connectivity index (χ4v) is 2.22. The maximum atomic E-state index is 5.81. The van der Waals surface area contributed by atoms with Gasteiger partial charge in [0.1, 0.15) is 5.75 Å². The van der Waals surface area contributed by atoms with Gasteiger partial charge in [-0.2, -0.15) is 0 Å². The van der Waals surface area contributed by atoms with Gasteiger partial charge in [-0.15, -0.1) is 0 Å². The first-order valence-corrected chi connectivity index (χ1v) is 7.07. The maximum absolute atomic E-state index is 5.81. The first kappa shape index (κ1) is 14.6. The molecule has 0 bridgehead atoms. The molecule has 0 aliphatic heterocycles. The van der Waals surface area contributed by atoms with Gasteiger partial charge in [-0.3, -0.25) is 11.3 Å². The number of hydrazine groups is 1. The van der Waals surface area contributed by atoms with Crippen LogP contribution in [0.25, 0.3) is 0 Å². The molecule has 20 heavy (non-hydrogen) atoms. The third kappa shape index (κ3) is 3.83. The van der Waals surface area contributed by atoms with Crippen LogP contribution in [0, 0.1) is 0 Å². The molecule has 3 heteroatoms. The second kappa shape index (κ2) is 7.68. The summed E-state index contributed by atoms with van der Waals surface area (Å²) in [5.41, 5.74) is 5.26. The number of ether oxygens (including phenoxy) is 1. The van der Waals surface area contributed by atoms with Gasteiger partial charge in [0.2, 0.25) is 0 Å². The lowest BCUT2D eigenvalue weighted by Gasteiger charge is -2.20. The Morgan fingerprint density at radius 1 is 1.05 bits per heavy atom. The van der Waals surface area contributed by atoms with E-state index in [0.29, 0.717) is 0 Å². The molecule has 0 amide bonds. The van der Waals surface area contributed by atoms with E-state index in [-0.39, 0.29) is 6.04 Å². The van der Waals surface area contributed by atoms with Crippen molar-refractivity contribution in [3.05, 3.63) is 65.7 Å². The van der Waals surface area contributed by atoms with E-state index >= 15 is 0 Å². The van der Waals surface area contributed by atoms with E-state index in [1.54, 1.807) is 0 Å². The molecule has 0 radical (unpaired) electrons. The molecule has 0 fully saturated rings. The number of hydrogen-bond donors (Lipinski definition) is 2. The summed E-state index contributed by atoms with van der Waals surface area (Å²) in [6, 6.07) is 18.5. The average molecular weight is 270 g/mol. The van der Waals surface area contributed by atoms with Crippen molar-refractivity contribution in [3.63, 3.8) is 0 Å². The van der Waals surface area contributed by atoms with Crippen molar-refractivity contribution in [2.75, 3.05) is 6.61 Å². The van der Waals surface area contributed by atoms with E-state index in [0.717, 1.165) is 30.8 Å². The monoisotopic (exact) mass is 270 g/mol. The van der Waals surface area contributed by atoms with Crippen molar-refractivity contribution >= 4 is 0 Å². The van der Waals surface area contributed by atoms with Crippen LogP contribution in [0.4, 0.5) is 0 Å². The highest BCUT2D eigenvalue weighted by Gasteiger charge is 2.15. The van der Waals surface area contributed by atoms with Gasteiger partial charge in [-0.05, 0) is 24.5 Å². The van der Waals surface area contributed by atoms with Gasteiger partial charge in [0.25, 0.3) is 0 Å². The van der Waals surface area contributed by atoms with E-state index in [2.05, 4.69) is 30.5 Å². The van der Waals surface area contributed by atoms with Crippen LogP contribution in [0.1, 0.15) is 30.5 Å². The van der Waals surface area contributed by atoms with Gasteiger partial charge >= 0.3 is 0 Å². The third-order valence-electron chi connectivity index (χ3n) is 3.24. The van der Waals surface area contributed by atoms with Crippen LogP contribution < -0.4 is 16.0 Å². The molecule has 1 unspecified atom stereocenters. The number of nitrogens with one attached hydrogen (secondary N) is 1. The van der Waals surface area contributed by atoms with Gasteiger partial charge in [0, 0.05) is 5.56 Å². The summed E-state index contributed by atoms with van der Waals surface area (Å²) < 4.78 is 5.81. The maximum Gasteiger partial charge on any atom is 0.124 e. The zero-order chi connectivity index (χ0) is 14.2. The molecule has 3 nitrogen and oxygen atoms in total. The summed E-state index contributed by atoms with van der Waals surface area (Å²) in [4.78, 5) is 0. The Morgan fingerprint density at radius 2 is 1.75 bits per heavy atom. The molecule has 0 aliphatic carbocycles. The number of benzene rings is 2. The Balaban J connectivity index is 2.18. The van der Waals surface area contributed by atoms with Crippen molar-refractivity contribution in [2.24, 2.45) is 5.84 Å². The number of nitrogens with two attached hydrogens (primary N) is 1. The standard InChI is InChI=1S/C17H22N2O/c1-2-12-20-17-11-7-6-10-15(17)16(19-18)13-14-8-4-3-5-9-14/h3-11,16,19H,2,12-13,18H2,1H3. The van der Waals surface area contributed by atoms with Crippen LogP contribution in [0.15, 0.2) is 54.6 Å². The summed E-state index contributed by atoms with van der Waals surface area (Å²) in [7, 11) is 0. The average Bonchev–Trinajstić information content (AvgIpc) is 2.52. The van der Waals surface area contributed by atoms with Crippen molar-refractivity contribution in [2.45, 2.75) is 25.8 Å². The van der Waals surface area contributed by atoms with Crippen molar-refractivity contribution in [1.82, 2.24) is 5.43 Å². The third-order valence-corrected chi connectivity index (χ3v) is 3.24. The Morgan fingerprint density at radius 3 is 2.45 bits per heavy atom. The molecule has 0 saturated heterocycles. The molecule has 3 N–H and O–H groups in total. The minimum absolute atomic E-state index is 0.0467. The van der Waals surface area contributed by atoms with Gasteiger partial charge in [-0.25, -0.2) is 0 Å². The Labute approximate surface area is 120 Å². The quantitative estimate of drug-likeness (QED) is 0.600. The predicted octanol–water partition coefficient (Wildman–Crippen LogP) is 3.22. The first-order chi connectivity index (χ1) is 9.85. The van der Waals surface area contributed by atoms with Crippen molar-refractivity contribution in [3.8, 4) is 5.75 Å². The lowest BCUT2D eigenvalue weighted by atomic mass is 9.98. The fraction of sp³-hybridized carbons (Fsp3) is 0.294. The lowest BCUT2D eigenvalue weighted by molar-refractivity contribution is 0.310. The lowest BCUT2D eigenvalue weighted by Crippen LogP contribution is -2.30. The highest BCUT2D eigenvalue weighted by atomic mass is 16.5. The van der Waals surface area contributed by atoms with Gasteiger partial charge < -0.3 is 4.74 Å². The van der Waals surface area contributed by atoms with Crippen LogP contribution in [0.5, 0.6) is 5.75 Å². The Bertz CT molecular complexity index is 513. The molecule has 0 heterocycles. The summed E-state index contributed by atoms with van der Waals surface area (Å²) in [5.74, 6) is 6.66. The highest BCUT2D eigenvalue weighted by Crippen LogP contribution is 2.27. The van der Waals surface area contributed by atoms with Crippen LogP contribution >= 0.6 is 0 Å². The van der Waals surface area contributed by atoms with E-state index in [4.69, 9.17) is 10.6 Å². The molecule has 0 saturated carbocycles. The molecule has 2 rings (SSSR count). The second-order valence-electron chi connectivity index (χ2n) is 4.80. The minimum atomic E-state index is 0.0467. The zero-order valence-electron chi connectivity index (χ0n) is 11.9. The molecular formula is C17H22N2O. The smallest absolute Gasteiger partial charge is 0.124 e. The van der Waals surface area contributed by atoms with Gasteiger partial charge in [-0.1, -0.05) is 55.5 Å². The van der Waals surface area contributed by atoms with Crippen molar-refractivity contribution < 1.29 is 4.74 Å². The van der Waals surface area contributed by atoms with E-state index in [1.165, 1.54) is 5.56 Å². The van der Waals surface area contributed by atoms with Gasteiger partial charge in [0.15, 0.2) is 0 Å². The van der Waals surface area contributed by atoms with Crippen LogP contribution in [-0.4, -0.2) is 6.61 Å². The van der Waals surface area contributed by atoms with Crippen LogP contribution in [0.2, 0.25) is 0 Å². The number of rotatable bonds is 7. The van der Waals surface area contributed by atoms with Crippen LogP contribution in [0.3, 0.4) is 0 Å². The van der Waals surface area contributed by atoms with Crippen molar-refractivity contribution in [1.29, 1.82) is 0 Å². The van der Waals surface area contributed by atoms with Gasteiger partial charge in [0.05, 0.1) is 12.6 Å². The second-order valence-corrected chi connectivity index (χ2v) is 4.80. The summed E-state index contributed by atoms with van der Waals surface area (Å²) in [6.07, 6.45) is 1.83. The van der Waals surface area contributed by atoms with E-state index < -0.39 is 0 Å². The Hall–Kier alpha value is -1.84. The molecule has 2 aromatic rings. The predicted molar refractivity (Wildman–Crippen MR) is 82.4 cm³/mol. The first-order valence-electron chi connectivity index (χ1n) is 7.07. The minimum Gasteiger partial charge on any atom is -0.493 e. The molecule has 0 aromatic heterocycles. The van der Waals surface area contributed by atoms with E-state index in [1.807, 2.05) is 36.4 Å². The number of para-hydroxylation sites is 1. The molecule has 0 aliphatic rings. The van der Waals surface area contributed by atoms with Crippen LogP contribution in [-0.2, 0) is 6.42 Å². The molecule has 106 valence electrons. The largest absolute Gasteiger partial charge is 0.493 e. The molecule has 2 aromatic carbocycles. The zero-order valence-corrected chi connectivity index (χ0v) is 11.9. The molecule has 1 atom stereocenters. The topological polar surface area (TPSA) is 47.3 Å². The summed E-state index contributed by atoms with van der Waals surface area (Å²) >= 11 is 0. The number of hydrogen-bond acceptors (Lipinski definition) is 3. The Kier molecular flexibility index (Phi) is 5.59. The fourth-order valence-electron chi connectivity index (χ4n) is 2.22. The summed E-state index contributed by atoms with van der Waals surface area (Å²) in [5, 5.41) is 0. The SMILES string of the molecule is CCCOc1ccccc1C(Cc1ccccc1)NN. The van der Waals surface area contributed by atoms with E-state index in [9.17, 15) is 0 Å². The highest BCUT2D eigenvalue weighted by molar-refractivity contribution is 5.37. The summed E-state index contributed by atoms with van der Waals surface area (Å²) in [6.45, 7) is 2.82. The normalized spacial score (nSPS) is 12.1. The molecule has 0 spiro atoms. The molecular weight excluding hydrogens is 248 g/mol.